The number of nitrogens with zero attached hydrogens (tertiary/aromatic N) is 1. The monoisotopic (exact) mass is 250 g/mol. The molecule has 2 nitrogen and oxygen atoms in total. The van der Waals surface area contributed by atoms with Crippen LogP contribution in [0.1, 0.15) is 30.5 Å². The molecule has 0 spiro atoms. The Balaban J connectivity index is 2.29. The lowest BCUT2D eigenvalue weighted by molar-refractivity contribution is 0.577. The van der Waals surface area contributed by atoms with Crippen molar-refractivity contribution in [3.8, 4) is 17.2 Å². The van der Waals surface area contributed by atoms with E-state index < -0.39 is 0 Å². The van der Waals surface area contributed by atoms with Crippen LogP contribution in [0.2, 0.25) is 0 Å². The summed E-state index contributed by atoms with van der Waals surface area (Å²) in [6.45, 7) is 2.17. The highest BCUT2D eigenvalue weighted by Crippen LogP contribution is 2.23. The van der Waals surface area contributed by atoms with Crippen LogP contribution in [0.15, 0.2) is 48.5 Å². The molecule has 1 N–H and O–H groups in total. The van der Waals surface area contributed by atoms with E-state index >= 15 is 0 Å². The van der Waals surface area contributed by atoms with Crippen molar-refractivity contribution >= 4 is 0 Å². The van der Waals surface area contributed by atoms with E-state index in [1.807, 2.05) is 31.3 Å². The summed E-state index contributed by atoms with van der Waals surface area (Å²) in [5.74, 6) is 0. The molecule has 0 aromatic heterocycles. The fourth-order valence-electron chi connectivity index (χ4n) is 2.28. The Morgan fingerprint density at radius 2 is 1.84 bits per heavy atom. The van der Waals surface area contributed by atoms with Gasteiger partial charge in [0.25, 0.3) is 0 Å². The molecule has 0 radical (unpaired) electrons. The maximum absolute atomic E-state index is 8.93. The lowest BCUT2D eigenvalue weighted by Gasteiger charge is -2.14. The molecule has 19 heavy (non-hydrogen) atoms. The van der Waals surface area contributed by atoms with Gasteiger partial charge in [-0.1, -0.05) is 43.3 Å². The second kappa shape index (κ2) is 6.17. The number of nitrogens with one attached hydrogen (secondary N) is 1. The average Bonchev–Trinajstić information content (AvgIpc) is 2.49. The zero-order valence-corrected chi connectivity index (χ0v) is 11.4. The highest BCUT2D eigenvalue weighted by atomic mass is 14.9. The van der Waals surface area contributed by atoms with Crippen LogP contribution in [0.5, 0.6) is 0 Å². The third-order valence-corrected chi connectivity index (χ3v) is 3.39. The normalized spacial score (nSPS) is 11.8. The molecule has 0 aliphatic heterocycles. The molecule has 1 unspecified atom stereocenters. The molecule has 2 aromatic carbocycles. The Hall–Kier alpha value is -2.11. The molecule has 0 fully saturated rings. The van der Waals surface area contributed by atoms with Gasteiger partial charge >= 0.3 is 0 Å². The molecule has 0 aliphatic carbocycles. The largest absolute Gasteiger partial charge is 0.313 e. The predicted octanol–water partition coefficient (Wildman–Crippen LogP) is 3.90. The van der Waals surface area contributed by atoms with Gasteiger partial charge in [-0.25, -0.2) is 0 Å². The van der Waals surface area contributed by atoms with Crippen molar-refractivity contribution in [2.45, 2.75) is 19.4 Å². The molecular formula is C17H18N2. The van der Waals surface area contributed by atoms with Gasteiger partial charge in [0.1, 0.15) is 0 Å². The summed E-state index contributed by atoms with van der Waals surface area (Å²) < 4.78 is 0. The topological polar surface area (TPSA) is 35.8 Å². The van der Waals surface area contributed by atoms with Gasteiger partial charge in [-0.15, -0.1) is 0 Å². The minimum Gasteiger partial charge on any atom is -0.313 e. The Kier molecular flexibility index (Phi) is 4.33. The van der Waals surface area contributed by atoms with Crippen molar-refractivity contribution in [3.05, 3.63) is 59.7 Å². The van der Waals surface area contributed by atoms with Crippen LogP contribution >= 0.6 is 0 Å². The summed E-state index contributed by atoms with van der Waals surface area (Å²) in [5.41, 5.74) is 4.23. The summed E-state index contributed by atoms with van der Waals surface area (Å²) in [7, 11) is 1.98. The van der Waals surface area contributed by atoms with Gasteiger partial charge in [-0.3, -0.25) is 0 Å². The molecule has 0 bridgehead atoms. The first-order valence-electron chi connectivity index (χ1n) is 6.56. The zero-order chi connectivity index (χ0) is 13.7. The summed E-state index contributed by atoms with van der Waals surface area (Å²) in [6, 6.07) is 18.8. The molecule has 0 saturated carbocycles. The summed E-state index contributed by atoms with van der Waals surface area (Å²) in [4.78, 5) is 0. The summed E-state index contributed by atoms with van der Waals surface area (Å²) >= 11 is 0. The van der Waals surface area contributed by atoms with E-state index in [0.717, 1.165) is 17.5 Å². The van der Waals surface area contributed by atoms with Gasteiger partial charge in [0.2, 0.25) is 0 Å². The van der Waals surface area contributed by atoms with Gasteiger partial charge < -0.3 is 5.32 Å². The smallest absolute Gasteiger partial charge is 0.0991 e. The van der Waals surface area contributed by atoms with Gasteiger partial charge in [-0.2, -0.15) is 5.26 Å². The van der Waals surface area contributed by atoms with Gasteiger partial charge in [0, 0.05) is 6.04 Å². The lowest BCUT2D eigenvalue weighted by Crippen LogP contribution is -2.14. The van der Waals surface area contributed by atoms with Crippen molar-refractivity contribution < 1.29 is 0 Å². The van der Waals surface area contributed by atoms with Crippen molar-refractivity contribution in [2.24, 2.45) is 0 Å². The average molecular weight is 250 g/mol. The van der Waals surface area contributed by atoms with Crippen LogP contribution in [0.25, 0.3) is 11.1 Å². The van der Waals surface area contributed by atoms with E-state index in [0.29, 0.717) is 11.6 Å². The number of hydrogen-bond donors (Lipinski definition) is 1. The Bertz CT molecular complexity index is 575. The molecule has 0 amide bonds. The van der Waals surface area contributed by atoms with Crippen LogP contribution < -0.4 is 5.32 Å². The van der Waals surface area contributed by atoms with E-state index in [1.54, 1.807) is 0 Å². The highest BCUT2D eigenvalue weighted by Gasteiger charge is 2.06. The molecular weight excluding hydrogens is 232 g/mol. The number of nitriles is 1. The standard InChI is InChI=1S/C17H18N2/c1-3-17(19-2)15-9-7-14(8-10-15)16-6-4-5-13(11-16)12-18/h4-11,17,19H,3H2,1-2H3. The van der Waals surface area contributed by atoms with Gasteiger partial charge in [0.15, 0.2) is 0 Å². The molecule has 0 saturated heterocycles. The first-order chi connectivity index (χ1) is 9.28. The Labute approximate surface area is 114 Å². The quantitative estimate of drug-likeness (QED) is 0.893. The van der Waals surface area contributed by atoms with Crippen LogP contribution in [0.4, 0.5) is 0 Å². The molecule has 96 valence electrons. The summed E-state index contributed by atoms with van der Waals surface area (Å²) in [6.07, 6.45) is 1.07. The Morgan fingerprint density at radius 1 is 1.11 bits per heavy atom. The molecule has 0 heterocycles. The van der Waals surface area contributed by atoms with E-state index in [2.05, 4.69) is 42.6 Å². The number of rotatable bonds is 4. The fraction of sp³-hybridized carbons (Fsp3) is 0.235. The van der Waals surface area contributed by atoms with E-state index in [4.69, 9.17) is 5.26 Å². The Morgan fingerprint density at radius 3 is 2.42 bits per heavy atom. The second-order valence-corrected chi connectivity index (χ2v) is 4.56. The van der Waals surface area contributed by atoms with E-state index in [9.17, 15) is 0 Å². The first kappa shape index (κ1) is 13.3. The minimum absolute atomic E-state index is 0.402. The van der Waals surface area contributed by atoms with Gasteiger partial charge in [-0.05, 0) is 42.3 Å². The minimum atomic E-state index is 0.402. The maximum Gasteiger partial charge on any atom is 0.0991 e. The van der Waals surface area contributed by atoms with Crippen LogP contribution in [-0.4, -0.2) is 7.05 Å². The number of benzene rings is 2. The first-order valence-corrected chi connectivity index (χ1v) is 6.56. The molecule has 2 rings (SSSR count). The SMILES string of the molecule is CCC(NC)c1ccc(-c2cccc(C#N)c2)cc1. The summed E-state index contributed by atoms with van der Waals surface area (Å²) in [5, 5.41) is 12.2. The second-order valence-electron chi connectivity index (χ2n) is 4.56. The van der Waals surface area contributed by atoms with E-state index in [1.165, 1.54) is 5.56 Å². The predicted molar refractivity (Wildman–Crippen MR) is 78.7 cm³/mol. The van der Waals surface area contributed by atoms with Crippen LogP contribution in [0, 0.1) is 11.3 Å². The van der Waals surface area contributed by atoms with Crippen LogP contribution in [0.3, 0.4) is 0 Å². The van der Waals surface area contributed by atoms with E-state index in [-0.39, 0.29) is 0 Å². The third-order valence-electron chi connectivity index (χ3n) is 3.39. The third kappa shape index (κ3) is 3.01. The lowest BCUT2D eigenvalue weighted by atomic mass is 9.99. The van der Waals surface area contributed by atoms with Crippen molar-refractivity contribution in [3.63, 3.8) is 0 Å². The molecule has 0 aliphatic rings. The van der Waals surface area contributed by atoms with Gasteiger partial charge in [0.05, 0.1) is 11.6 Å². The fourth-order valence-corrected chi connectivity index (χ4v) is 2.28. The highest BCUT2D eigenvalue weighted by molar-refractivity contribution is 5.65. The zero-order valence-electron chi connectivity index (χ0n) is 11.4. The molecule has 2 heteroatoms. The van der Waals surface area contributed by atoms with Crippen molar-refractivity contribution in [1.82, 2.24) is 5.32 Å². The van der Waals surface area contributed by atoms with Crippen LogP contribution in [-0.2, 0) is 0 Å². The van der Waals surface area contributed by atoms with Crippen molar-refractivity contribution in [1.29, 1.82) is 5.26 Å². The van der Waals surface area contributed by atoms with Crippen molar-refractivity contribution in [2.75, 3.05) is 7.05 Å². The molecule has 2 aromatic rings. The maximum atomic E-state index is 8.93. The molecule has 1 atom stereocenters. The number of hydrogen-bond acceptors (Lipinski definition) is 2.